The van der Waals surface area contributed by atoms with Crippen LogP contribution in [0, 0.1) is 0 Å². The average Bonchev–Trinajstić information content (AvgIpc) is 3.10. The molecule has 31 heavy (non-hydrogen) atoms. The number of halogens is 1. The molecule has 1 saturated heterocycles. The molecule has 7 nitrogen and oxygen atoms in total. The number of benzene rings is 1. The van der Waals surface area contributed by atoms with Gasteiger partial charge in [0, 0.05) is 11.6 Å². The molecule has 8 heteroatoms. The summed E-state index contributed by atoms with van der Waals surface area (Å²) in [6, 6.07) is 3.67. The van der Waals surface area contributed by atoms with E-state index in [2.05, 4.69) is 17.9 Å². The highest BCUT2D eigenvalue weighted by Gasteiger charge is 2.72. The highest BCUT2D eigenvalue weighted by Crippen LogP contribution is 2.64. The monoisotopic (exact) mass is 449 g/mol. The van der Waals surface area contributed by atoms with Gasteiger partial charge in [0.25, 0.3) is 0 Å². The Morgan fingerprint density at radius 1 is 1.42 bits per heavy atom. The SMILES string of the molecule is CCCCOc1ccc2c3c1O[C@H]1[C@@H](OC(=O)OCCl)C=C[C@@]4(O)[C@@H](C2)N(C)CC[C@]314. The molecule has 1 aromatic carbocycles. The van der Waals surface area contributed by atoms with E-state index in [9.17, 15) is 9.90 Å². The van der Waals surface area contributed by atoms with E-state index in [1.54, 1.807) is 12.2 Å². The zero-order valence-corrected chi connectivity index (χ0v) is 18.6. The first kappa shape index (κ1) is 20.9. The summed E-state index contributed by atoms with van der Waals surface area (Å²) in [5.41, 5.74) is 0.292. The predicted molar refractivity (Wildman–Crippen MR) is 114 cm³/mol. The highest BCUT2D eigenvalue weighted by atomic mass is 35.5. The molecule has 168 valence electrons. The van der Waals surface area contributed by atoms with Crippen LogP contribution in [0.15, 0.2) is 24.3 Å². The van der Waals surface area contributed by atoms with Gasteiger partial charge in [-0.25, -0.2) is 4.79 Å². The number of carbonyl (C=O) groups is 1. The van der Waals surface area contributed by atoms with E-state index >= 15 is 0 Å². The topological polar surface area (TPSA) is 77.5 Å². The number of carbonyl (C=O) groups excluding carboxylic acids is 1. The molecule has 1 fully saturated rings. The minimum absolute atomic E-state index is 0.0929. The number of hydrogen-bond acceptors (Lipinski definition) is 7. The Kier molecular flexibility index (Phi) is 5.11. The van der Waals surface area contributed by atoms with Gasteiger partial charge in [-0.2, -0.15) is 0 Å². The van der Waals surface area contributed by atoms with Crippen molar-refractivity contribution in [1.82, 2.24) is 4.90 Å². The lowest BCUT2D eigenvalue weighted by atomic mass is 9.50. The first-order valence-electron chi connectivity index (χ1n) is 10.9. The fourth-order valence-corrected chi connectivity index (χ4v) is 6.08. The van der Waals surface area contributed by atoms with Crippen molar-refractivity contribution in [1.29, 1.82) is 0 Å². The Bertz CT molecular complexity index is 922. The Morgan fingerprint density at radius 2 is 2.26 bits per heavy atom. The number of nitrogens with zero attached hydrogens (tertiary/aromatic N) is 1. The maximum Gasteiger partial charge on any atom is 0.510 e. The number of ether oxygens (including phenoxy) is 4. The van der Waals surface area contributed by atoms with Crippen molar-refractivity contribution in [3.8, 4) is 11.5 Å². The van der Waals surface area contributed by atoms with Crippen molar-refractivity contribution in [3.05, 3.63) is 35.4 Å². The van der Waals surface area contributed by atoms with Crippen LogP contribution in [0.4, 0.5) is 4.79 Å². The molecule has 5 atom stereocenters. The van der Waals surface area contributed by atoms with Gasteiger partial charge in [0.05, 0.1) is 12.0 Å². The van der Waals surface area contributed by atoms with E-state index in [1.807, 2.05) is 13.1 Å². The molecule has 5 rings (SSSR count). The average molecular weight is 450 g/mol. The smallest absolute Gasteiger partial charge is 0.490 e. The molecular formula is C23H28ClNO6. The van der Waals surface area contributed by atoms with Crippen LogP contribution in [0.5, 0.6) is 11.5 Å². The second kappa shape index (κ2) is 7.57. The third-order valence-corrected chi connectivity index (χ3v) is 7.52. The molecule has 2 heterocycles. The summed E-state index contributed by atoms with van der Waals surface area (Å²) in [5.74, 6) is 1.35. The van der Waals surface area contributed by atoms with E-state index in [0.717, 1.165) is 30.5 Å². The molecule has 1 N–H and O–H groups in total. The number of alkyl halides is 1. The maximum atomic E-state index is 12.1. The molecule has 1 spiro atoms. The number of rotatable bonds is 6. The van der Waals surface area contributed by atoms with Crippen LogP contribution >= 0.6 is 11.6 Å². The first-order valence-corrected chi connectivity index (χ1v) is 11.5. The van der Waals surface area contributed by atoms with E-state index < -0.39 is 29.4 Å². The summed E-state index contributed by atoms with van der Waals surface area (Å²) in [7, 11) is 2.04. The molecule has 0 unspecified atom stereocenters. The Balaban J connectivity index is 1.62. The van der Waals surface area contributed by atoms with Crippen molar-refractivity contribution in [2.24, 2.45) is 0 Å². The number of hydrogen-bond donors (Lipinski definition) is 1. The first-order chi connectivity index (χ1) is 15.0. The van der Waals surface area contributed by atoms with Crippen LogP contribution in [-0.2, 0) is 21.3 Å². The second-order valence-corrected chi connectivity index (χ2v) is 9.08. The maximum absolute atomic E-state index is 12.1. The summed E-state index contributed by atoms with van der Waals surface area (Å²) >= 11 is 5.52. The molecule has 1 aromatic rings. The second-order valence-electron chi connectivity index (χ2n) is 8.86. The fraction of sp³-hybridized carbons (Fsp3) is 0.609. The van der Waals surface area contributed by atoms with E-state index in [0.29, 0.717) is 30.9 Å². The summed E-state index contributed by atoms with van der Waals surface area (Å²) < 4.78 is 22.9. The number of unbranched alkanes of at least 4 members (excludes halogenated alkanes) is 1. The van der Waals surface area contributed by atoms with Crippen LogP contribution in [-0.4, -0.2) is 66.3 Å². The predicted octanol–water partition coefficient (Wildman–Crippen LogP) is 3.14. The lowest BCUT2D eigenvalue weighted by molar-refractivity contribution is -0.153. The van der Waals surface area contributed by atoms with Gasteiger partial charge in [0.2, 0.25) is 0 Å². The molecule has 0 aromatic heterocycles. The fourth-order valence-electron chi connectivity index (χ4n) is 5.99. The van der Waals surface area contributed by atoms with Gasteiger partial charge < -0.3 is 24.1 Å². The number of aliphatic hydroxyl groups is 1. The summed E-state index contributed by atoms with van der Waals surface area (Å²) in [6.07, 6.45) is 4.75. The van der Waals surface area contributed by atoms with Gasteiger partial charge in [0.15, 0.2) is 29.8 Å². The van der Waals surface area contributed by atoms with Gasteiger partial charge in [0.1, 0.15) is 5.60 Å². The van der Waals surface area contributed by atoms with E-state index in [4.69, 9.17) is 30.5 Å². The van der Waals surface area contributed by atoms with Crippen molar-refractivity contribution in [2.75, 3.05) is 26.3 Å². The Morgan fingerprint density at radius 3 is 3.03 bits per heavy atom. The zero-order chi connectivity index (χ0) is 21.8. The third kappa shape index (κ3) is 2.82. The van der Waals surface area contributed by atoms with Gasteiger partial charge in [-0.05, 0) is 50.6 Å². The minimum atomic E-state index is -1.14. The van der Waals surface area contributed by atoms with Gasteiger partial charge in [-0.1, -0.05) is 37.1 Å². The molecule has 4 aliphatic rings. The van der Waals surface area contributed by atoms with Gasteiger partial charge >= 0.3 is 6.16 Å². The van der Waals surface area contributed by atoms with Crippen molar-refractivity contribution in [3.63, 3.8) is 0 Å². The van der Waals surface area contributed by atoms with Crippen molar-refractivity contribution in [2.45, 2.75) is 61.9 Å². The Hall–Kier alpha value is -1.96. The summed E-state index contributed by atoms with van der Waals surface area (Å²) in [6.45, 7) is 3.52. The summed E-state index contributed by atoms with van der Waals surface area (Å²) in [4.78, 5) is 14.3. The number of likely N-dealkylation sites (N-methyl/N-ethyl adjacent to an activating group) is 1. The van der Waals surface area contributed by atoms with E-state index in [1.165, 1.54) is 0 Å². The molecular weight excluding hydrogens is 422 g/mol. The normalized spacial score (nSPS) is 34.6. The number of piperidine rings is 1. The molecule has 0 amide bonds. The molecule has 2 aliphatic carbocycles. The van der Waals surface area contributed by atoms with Crippen LogP contribution in [0.25, 0.3) is 0 Å². The molecule has 0 saturated carbocycles. The zero-order valence-electron chi connectivity index (χ0n) is 17.8. The molecule has 2 aliphatic heterocycles. The van der Waals surface area contributed by atoms with Crippen molar-refractivity contribution < 1.29 is 28.8 Å². The Labute approximate surface area is 186 Å². The van der Waals surface area contributed by atoms with Gasteiger partial charge in [-0.15, -0.1) is 0 Å². The molecule has 2 bridgehead atoms. The van der Waals surface area contributed by atoms with Crippen LogP contribution in [0.2, 0.25) is 0 Å². The quantitative estimate of drug-likeness (QED) is 0.309. The van der Waals surface area contributed by atoms with E-state index in [-0.39, 0.29) is 12.1 Å². The van der Waals surface area contributed by atoms with Crippen LogP contribution in [0.1, 0.15) is 37.3 Å². The minimum Gasteiger partial charge on any atom is -0.490 e. The summed E-state index contributed by atoms with van der Waals surface area (Å²) in [5, 5.41) is 12.1. The molecule has 0 radical (unpaired) electrons. The lowest BCUT2D eigenvalue weighted by Gasteiger charge is -2.61. The van der Waals surface area contributed by atoms with Crippen molar-refractivity contribution >= 4 is 17.8 Å². The lowest BCUT2D eigenvalue weighted by Crippen LogP contribution is -2.75. The third-order valence-electron chi connectivity index (χ3n) is 7.41. The highest BCUT2D eigenvalue weighted by molar-refractivity contribution is 6.17. The standard InChI is InChI=1S/C23H28ClNO6/c1-3-4-11-28-15-6-5-14-12-17-23(27)8-7-16(30-21(26)29-13-24)20-22(23,9-10-25(17)2)18(14)19(15)31-20/h5-8,16-17,20,27H,3-4,9-13H2,1-2H3/t16-,17+,20-,22-,23+/m0/s1. The largest absolute Gasteiger partial charge is 0.510 e. The van der Waals surface area contributed by atoms with Gasteiger partial charge in [-0.3, -0.25) is 4.90 Å². The number of likely N-dealkylation sites (tertiary alicyclic amines) is 1. The van der Waals surface area contributed by atoms with Crippen LogP contribution in [0.3, 0.4) is 0 Å². The van der Waals surface area contributed by atoms with Crippen LogP contribution < -0.4 is 9.47 Å².